The Morgan fingerprint density at radius 3 is 2.59 bits per heavy atom. The van der Waals surface area contributed by atoms with Crippen molar-refractivity contribution in [2.24, 2.45) is 0 Å². The van der Waals surface area contributed by atoms with Crippen LogP contribution in [-0.2, 0) is 0 Å². The minimum atomic E-state index is -0.370. The molecule has 0 saturated heterocycles. The van der Waals surface area contributed by atoms with Gasteiger partial charge in [-0.1, -0.05) is 5.16 Å². The molecule has 2 aromatic heterocycles. The summed E-state index contributed by atoms with van der Waals surface area (Å²) < 4.78 is 4.82. The number of anilines is 1. The third-order valence-corrected chi connectivity index (χ3v) is 2.18. The van der Waals surface area contributed by atoms with Gasteiger partial charge in [0, 0.05) is 13.0 Å². The molecular weight excluding hydrogens is 222 g/mol. The number of carbonyl (C=O) groups excluding carboxylic acids is 2. The Balaban J connectivity index is 2.11. The van der Waals surface area contributed by atoms with Crippen LogP contribution in [-0.4, -0.2) is 21.8 Å². The fourth-order valence-corrected chi connectivity index (χ4v) is 1.34. The molecule has 2 aromatic rings. The monoisotopic (exact) mass is 233 g/mol. The second kappa shape index (κ2) is 4.25. The Bertz CT molecular complexity index is 568. The number of carbonyl (C=O) groups is 2. The molecule has 0 spiro atoms. The number of amides is 1. The first-order valence-electron chi connectivity index (χ1n) is 5.01. The van der Waals surface area contributed by atoms with Crippen LogP contribution in [0.2, 0.25) is 0 Å². The number of aromatic nitrogens is 2. The summed E-state index contributed by atoms with van der Waals surface area (Å²) in [6.45, 7) is 3.15. The lowest BCUT2D eigenvalue weighted by Gasteiger charge is -1.97. The molecule has 17 heavy (non-hydrogen) atoms. The van der Waals surface area contributed by atoms with Gasteiger partial charge in [-0.2, -0.15) is 0 Å². The number of ketones is 1. The van der Waals surface area contributed by atoms with E-state index in [0.717, 1.165) is 0 Å². The van der Waals surface area contributed by atoms with E-state index in [2.05, 4.69) is 15.5 Å². The average Bonchev–Trinajstić information content (AvgIpc) is 2.86. The Labute approximate surface area is 97.0 Å². The number of nitrogens with one attached hydrogen (secondary N) is 2. The van der Waals surface area contributed by atoms with Crippen LogP contribution in [0.15, 0.2) is 22.7 Å². The van der Waals surface area contributed by atoms with Crippen molar-refractivity contribution in [1.29, 1.82) is 0 Å². The van der Waals surface area contributed by atoms with Crippen molar-refractivity contribution in [1.82, 2.24) is 10.1 Å². The van der Waals surface area contributed by atoms with Crippen LogP contribution in [0, 0.1) is 6.92 Å². The molecule has 2 rings (SSSR count). The van der Waals surface area contributed by atoms with Crippen molar-refractivity contribution < 1.29 is 14.1 Å². The van der Waals surface area contributed by atoms with E-state index in [1.165, 1.54) is 6.92 Å². The third-order valence-electron chi connectivity index (χ3n) is 2.18. The molecule has 0 unspecified atom stereocenters. The topological polar surface area (TPSA) is 88.0 Å². The van der Waals surface area contributed by atoms with Gasteiger partial charge in [-0.15, -0.1) is 0 Å². The van der Waals surface area contributed by atoms with E-state index in [1.54, 1.807) is 25.1 Å². The van der Waals surface area contributed by atoms with Gasteiger partial charge in [0.25, 0.3) is 5.91 Å². The smallest absolute Gasteiger partial charge is 0.273 e. The molecule has 0 radical (unpaired) electrons. The quantitative estimate of drug-likeness (QED) is 0.791. The molecule has 1 amide bonds. The first-order valence-corrected chi connectivity index (χ1v) is 5.01. The van der Waals surface area contributed by atoms with Crippen molar-refractivity contribution in [3.05, 3.63) is 35.3 Å². The highest BCUT2D eigenvalue weighted by molar-refractivity contribution is 6.04. The van der Waals surface area contributed by atoms with Crippen molar-refractivity contribution in [2.45, 2.75) is 13.8 Å². The maximum atomic E-state index is 11.7. The number of nitrogens with zero attached hydrogens (tertiary/aromatic N) is 1. The minimum Gasteiger partial charge on any atom is -0.360 e. The zero-order valence-corrected chi connectivity index (χ0v) is 9.40. The number of rotatable bonds is 3. The average molecular weight is 233 g/mol. The first-order chi connectivity index (χ1) is 8.06. The Morgan fingerprint density at radius 1 is 1.35 bits per heavy atom. The number of aromatic amines is 1. The van der Waals surface area contributed by atoms with Crippen LogP contribution >= 0.6 is 0 Å². The van der Waals surface area contributed by atoms with Gasteiger partial charge in [0.2, 0.25) is 0 Å². The second-order valence-electron chi connectivity index (χ2n) is 3.62. The second-order valence-corrected chi connectivity index (χ2v) is 3.62. The zero-order valence-electron chi connectivity index (χ0n) is 9.40. The number of H-pyrrole nitrogens is 1. The fraction of sp³-hybridized carbons (Fsp3) is 0.182. The van der Waals surface area contributed by atoms with Crippen molar-refractivity contribution in [2.75, 3.05) is 5.32 Å². The molecule has 2 heterocycles. The van der Waals surface area contributed by atoms with Gasteiger partial charge in [-0.3, -0.25) is 9.59 Å². The Kier molecular flexibility index (Phi) is 2.78. The highest BCUT2D eigenvalue weighted by atomic mass is 16.5. The van der Waals surface area contributed by atoms with Gasteiger partial charge in [0.05, 0.1) is 5.69 Å². The predicted octanol–water partition coefficient (Wildman–Crippen LogP) is 1.77. The summed E-state index contributed by atoms with van der Waals surface area (Å²) in [5, 5.41) is 6.18. The summed E-state index contributed by atoms with van der Waals surface area (Å²) in [7, 11) is 0. The van der Waals surface area contributed by atoms with Gasteiger partial charge in [-0.05, 0) is 19.1 Å². The largest absolute Gasteiger partial charge is 0.360 e. The lowest BCUT2D eigenvalue weighted by Crippen LogP contribution is -2.12. The van der Waals surface area contributed by atoms with Gasteiger partial charge in [0.1, 0.15) is 11.5 Å². The number of aryl methyl sites for hydroxylation is 1. The van der Waals surface area contributed by atoms with Crippen molar-refractivity contribution >= 4 is 17.5 Å². The summed E-state index contributed by atoms with van der Waals surface area (Å²) in [4.78, 5) is 25.5. The van der Waals surface area contributed by atoms with Crippen molar-refractivity contribution in [3.8, 4) is 0 Å². The first kappa shape index (κ1) is 11.1. The van der Waals surface area contributed by atoms with E-state index in [9.17, 15) is 9.59 Å². The third kappa shape index (κ3) is 2.41. The van der Waals surface area contributed by atoms with E-state index < -0.39 is 0 Å². The van der Waals surface area contributed by atoms with Crippen LogP contribution in [0.3, 0.4) is 0 Å². The lowest BCUT2D eigenvalue weighted by molar-refractivity contribution is 0.101. The van der Waals surface area contributed by atoms with Crippen LogP contribution in [0.25, 0.3) is 0 Å². The molecule has 0 bridgehead atoms. The SMILES string of the molecule is CC(=O)c1ccc(C(=O)Nc2cc(C)on2)[nH]1. The van der Waals surface area contributed by atoms with Crippen LogP contribution in [0.1, 0.15) is 33.7 Å². The van der Waals surface area contributed by atoms with Gasteiger partial charge >= 0.3 is 0 Å². The van der Waals surface area contributed by atoms with Gasteiger partial charge < -0.3 is 14.8 Å². The van der Waals surface area contributed by atoms with E-state index in [4.69, 9.17) is 4.52 Å². The Morgan fingerprint density at radius 2 is 2.06 bits per heavy atom. The summed E-state index contributed by atoms with van der Waals surface area (Å²) in [6, 6.07) is 4.71. The molecule has 0 aliphatic heterocycles. The van der Waals surface area contributed by atoms with Gasteiger partial charge in [0.15, 0.2) is 11.6 Å². The molecule has 0 saturated carbocycles. The molecule has 0 aliphatic carbocycles. The zero-order chi connectivity index (χ0) is 12.4. The standard InChI is InChI=1S/C11H11N3O3/c1-6-5-10(14-17-6)13-11(16)9-4-3-8(12-9)7(2)15/h3-5,12H,1-2H3,(H,13,14,16). The van der Waals surface area contributed by atoms with Crippen molar-refractivity contribution in [3.63, 3.8) is 0 Å². The summed E-state index contributed by atoms with van der Waals surface area (Å²) in [5.74, 6) is 0.454. The molecule has 0 aromatic carbocycles. The predicted molar refractivity (Wildman–Crippen MR) is 60.0 cm³/mol. The Hall–Kier alpha value is -2.37. The molecule has 0 aliphatic rings. The summed E-state index contributed by atoms with van der Waals surface area (Å²) in [5.41, 5.74) is 0.697. The molecule has 6 nitrogen and oxygen atoms in total. The summed E-state index contributed by atoms with van der Waals surface area (Å²) in [6.07, 6.45) is 0. The maximum Gasteiger partial charge on any atom is 0.273 e. The van der Waals surface area contributed by atoms with E-state index >= 15 is 0 Å². The number of hydrogen-bond acceptors (Lipinski definition) is 4. The minimum absolute atomic E-state index is 0.124. The van der Waals surface area contributed by atoms with E-state index in [-0.39, 0.29) is 11.7 Å². The van der Waals surface area contributed by atoms with E-state index in [0.29, 0.717) is 23.0 Å². The highest BCUT2D eigenvalue weighted by Crippen LogP contribution is 2.09. The molecule has 0 atom stereocenters. The normalized spacial score (nSPS) is 10.2. The highest BCUT2D eigenvalue weighted by Gasteiger charge is 2.12. The van der Waals surface area contributed by atoms with Crippen LogP contribution in [0.5, 0.6) is 0 Å². The molecular formula is C11H11N3O3. The molecule has 2 N–H and O–H groups in total. The fourth-order valence-electron chi connectivity index (χ4n) is 1.34. The summed E-state index contributed by atoms with van der Waals surface area (Å²) >= 11 is 0. The number of hydrogen-bond donors (Lipinski definition) is 2. The molecule has 6 heteroatoms. The molecule has 0 fully saturated rings. The van der Waals surface area contributed by atoms with Gasteiger partial charge in [-0.25, -0.2) is 0 Å². The number of Topliss-reactive ketones (excluding diaryl/α,β-unsaturated/α-hetero) is 1. The van der Waals surface area contributed by atoms with E-state index in [1.807, 2.05) is 0 Å². The molecule has 88 valence electrons. The van der Waals surface area contributed by atoms with Crippen LogP contribution in [0.4, 0.5) is 5.82 Å². The van der Waals surface area contributed by atoms with Crippen LogP contribution < -0.4 is 5.32 Å². The lowest BCUT2D eigenvalue weighted by atomic mass is 10.3. The maximum absolute atomic E-state index is 11.7.